The van der Waals surface area contributed by atoms with Crippen LogP contribution >= 0.6 is 15.9 Å². The van der Waals surface area contributed by atoms with Gasteiger partial charge in [0.1, 0.15) is 10.7 Å². The van der Waals surface area contributed by atoms with Gasteiger partial charge in [-0.25, -0.2) is 8.42 Å². The van der Waals surface area contributed by atoms with E-state index >= 15 is 0 Å². The molecular formula is C18H15BrN2O4S. The lowest BCUT2D eigenvalue weighted by atomic mass is 10.1. The summed E-state index contributed by atoms with van der Waals surface area (Å²) < 4.78 is 33.4. The normalized spacial score (nSPS) is 11.1. The van der Waals surface area contributed by atoms with Gasteiger partial charge in [0, 0.05) is 4.47 Å². The highest BCUT2D eigenvalue weighted by molar-refractivity contribution is 9.10. The fourth-order valence-electron chi connectivity index (χ4n) is 2.31. The molecule has 1 amide bonds. The van der Waals surface area contributed by atoms with Gasteiger partial charge in [0.05, 0.1) is 24.1 Å². The maximum Gasteiger partial charge on any atom is 0.263 e. The van der Waals surface area contributed by atoms with E-state index in [9.17, 15) is 13.2 Å². The number of nitrogens with one attached hydrogen (secondary N) is 2. The monoisotopic (exact) mass is 434 g/mol. The second kappa shape index (κ2) is 7.76. The summed E-state index contributed by atoms with van der Waals surface area (Å²) in [6, 6.07) is 16.3. The smallest absolute Gasteiger partial charge is 0.263 e. The molecule has 6 nitrogen and oxygen atoms in total. The summed E-state index contributed by atoms with van der Waals surface area (Å²) >= 11 is 3.23. The van der Waals surface area contributed by atoms with E-state index < -0.39 is 15.9 Å². The summed E-state index contributed by atoms with van der Waals surface area (Å²) in [7, 11) is -3.85. The van der Waals surface area contributed by atoms with Gasteiger partial charge < -0.3 is 9.73 Å². The van der Waals surface area contributed by atoms with Crippen molar-refractivity contribution in [3.8, 4) is 0 Å². The zero-order chi connectivity index (χ0) is 18.6. The topological polar surface area (TPSA) is 88.4 Å². The number of halogens is 1. The standard InChI is InChI=1S/C18H15BrN2O4S/c19-15-8-2-4-10-17(15)26(23,24)21-16-9-3-1-7-14(16)18(22)20-12-13-6-5-11-25-13/h1-11,21H,12H2,(H,20,22). The zero-order valence-corrected chi connectivity index (χ0v) is 15.9. The summed E-state index contributed by atoms with van der Waals surface area (Å²) in [4.78, 5) is 12.5. The second-order valence-corrected chi connectivity index (χ2v) is 7.85. The van der Waals surface area contributed by atoms with Crippen molar-refractivity contribution in [3.63, 3.8) is 0 Å². The van der Waals surface area contributed by atoms with Crippen molar-refractivity contribution >= 4 is 37.5 Å². The Hall–Kier alpha value is -2.58. The third-order valence-corrected chi connectivity index (χ3v) is 5.92. The molecular weight excluding hydrogens is 420 g/mol. The molecule has 0 spiro atoms. The Balaban J connectivity index is 1.83. The average Bonchev–Trinajstić information content (AvgIpc) is 3.13. The van der Waals surface area contributed by atoms with Crippen LogP contribution in [0.3, 0.4) is 0 Å². The minimum atomic E-state index is -3.85. The van der Waals surface area contributed by atoms with E-state index in [2.05, 4.69) is 26.0 Å². The van der Waals surface area contributed by atoms with Gasteiger partial charge in [-0.3, -0.25) is 9.52 Å². The Morgan fingerprint density at radius 2 is 1.73 bits per heavy atom. The number of rotatable bonds is 6. The van der Waals surface area contributed by atoms with Crippen molar-refractivity contribution in [1.29, 1.82) is 0 Å². The van der Waals surface area contributed by atoms with Gasteiger partial charge >= 0.3 is 0 Å². The minimum Gasteiger partial charge on any atom is -0.467 e. The molecule has 3 rings (SSSR count). The number of hydrogen-bond donors (Lipinski definition) is 2. The van der Waals surface area contributed by atoms with E-state index in [1.165, 1.54) is 18.4 Å². The van der Waals surface area contributed by atoms with E-state index in [0.717, 1.165) is 0 Å². The van der Waals surface area contributed by atoms with Crippen LogP contribution in [-0.4, -0.2) is 14.3 Å². The average molecular weight is 435 g/mol. The van der Waals surface area contributed by atoms with Crippen molar-refractivity contribution in [2.45, 2.75) is 11.4 Å². The highest BCUT2D eigenvalue weighted by Gasteiger charge is 2.20. The van der Waals surface area contributed by atoms with E-state index in [-0.39, 0.29) is 22.7 Å². The highest BCUT2D eigenvalue weighted by Crippen LogP contribution is 2.25. The first kappa shape index (κ1) is 18.2. The molecule has 2 aromatic carbocycles. The number of amides is 1. The number of carbonyl (C=O) groups excluding carboxylic acids is 1. The lowest BCUT2D eigenvalue weighted by Gasteiger charge is -2.13. The Morgan fingerprint density at radius 3 is 2.46 bits per heavy atom. The minimum absolute atomic E-state index is 0.0887. The molecule has 26 heavy (non-hydrogen) atoms. The van der Waals surface area contributed by atoms with Crippen LogP contribution in [0.5, 0.6) is 0 Å². The van der Waals surface area contributed by atoms with E-state index in [1.54, 1.807) is 48.5 Å². The SMILES string of the molecule is O=C(NCc1ccco1)c1ccccc1NS(=O)(=O)c1ccccc1Br. The number of sulfonamides is 1. The molecule has 0 bridgehead atoms. The Kier molecular flexibility index (Phi) is 5.43. The van der Waals surface area contributed by atoms with Crippen LogP contribution in [0.1, 0.15) is 16.1 Å². The van der Waals surface area contributed by atoms with Gasteiger partial charge in [0.2, 0.25) is 0 Å². The van der Waals surface area contributed by atoms with E-state index in [4.69, 9.17) is 4.42 Å². The molecule has 0 fully saturated rings. The molecule has 8 heteroatoms. The molecule has 0 aliphatic rings. The van der Waals surface area contributed by atoms with Crippen LogP contribution < -0.4 is 10.0 Å². The highest BCUT2D eigenvalue weighted by atomic mass is 79.9. The van der Waals surface area contributed by atoms with Gasteiger partial charge in [-0.05, 0) is 52.3 Å². The Bertz CT molecular complexity index is 1020. The van der Waals surface area contributed by atoms with Crippen molar-refractivity contribution in [1.82, 2.24) is 5.32 Å². The predicted octanol–water partition coefficient (Wildman–Crippen LogP) is 3.77. The first-order valence-corrected chi connectivity index (χ1v) is 9.92. The van der Waals surface area contributed by atoms with Gasteiger partial charge in [-0.2, -0.15) is 0 Å². The van der Waals surface area contributed by atoms with Crippen LogP contribution in [-0.2, 0) is 16.6 Å². The molecule has 0 aliphatic heterocycles. The van der Waals surface area contributed by atoms with E-state index in [1.807, 2.05) is 0 Å². The number of hydrogen-bond acceptors (Lipinski definition) is 4. The first-order valence-electron chi connectivity index (χ1n) is 7.64. The van der Waals surface area contributed by atoms with Gasteiger partial charge in [-0.1, -0.05) is 24.3 Å². The molecule has 2 N–H and O–H groups in total. The summed E-state index contributed by atoms with van der Waals surface area (Å²) in [5.41, 5.74) is 0.412. The van der Waals surface area contributed by atoms with Crippen LogP contribution in [0.2, 0.25) is 0 Å². The van der Waals surface area contributed by atoms with E-state index in [0.29, 0.717) is 10.2 Å². The second-order valence-electron chi connectivity index (χ2n) is 5.34. The zero-order valence-electron chi connectivity index (χ0n) is 13.5. The number of anilines is 1. The first-order chi connectivity index (χ1) is 12.5. The summed E-state index contributed by atoms with van der Waals surface area (Å²) in [5, 5.41) is 2.70. The molecule has 0 saturated heterocycles. The molecule has 3 aromatic rings. The lowest BCUT2D eigenvalue weighted by Crippen LogP contribution is -2.24. The molecule has 0 saturated carbocycles. The van der Waals surface area contributed by atoms with Crippen LogP contribution in [0, 0.1) is 0 Å². The fraction of sp³-hybridized carbons (Fsp3) is 0.0556. The van der Waals surface area contributed by atoms with Crippen molar-refractivity contribution in [3.05, 3.63) is 82.7 Å². The molecule has 0 atom stereocenters. The van der Waals surface area contributed by atoms with Gasteiger partial charge in [0.25, 0.3) is 15.9 Å². The fourth-order valence-corrected chi connectivity index (χ4v) is 4.39. The van der Waals surface area contributed by atoms with Crippen LogP contribution in [0.4, 0.5) is 5.69 Å². The quantitative estimate of drug-likeness (QED) is 0.617. The van der Waals surface area contributed by atoms with Crippen molar-refractivity contribution in [2.75, 3.05) is 4.72 Å². The maximum absolute atomic E-state index is 12.7. The van der Waals surface area contributed by atoms with Crippen LogP contribution in [0.25, 0.3) is 0 Å². The third-order valence-electron chi connectivity index (χ3n) is 3.55. The Labute approximate surface area is 159 Å². The number of para-hydroxylation sites is 1. The third kappa shape index (κ3) is 4.14. The molecule has 1 heterocycles. The largest absolute Gasteiger partial charge is 0.467 e. The molecule has 0 radical (unpaired) electrons. The maximum atomic E-state index is 12.7. The molecule has 1 aromatic heterocycles. The lowest BCUT2D eigenvalue weighted by molar-refractivity contribution is 0.0949. The van der Waals surface area contributed by atoms with Crippen LogP contribution in [0.15, 0.2) is 80.7 Å². The molecule has 134 valence electrons. The number of benzene rings is 2. The summed E-state index contributed by atoms with van der Waals surface area (Å²) in [6.45, 7) is 0.206. The van der Waals surface area contributed by atoms with Crippen molar-refractivity contribution < 1.29 is 17.6 Å². The number of carbonyl (C=O) groups is 1. The van der Waals surface area contributed by atoms with Crippen molar-refractivity contribution in [2.24, 2.45) is 0 Å². The predicted molar refractivity (Wildman–Crippen MR) is 101 cm³/mol. The molecule has 0 aliphatic carbocycles. The van der Waals surface area contributed by atoms with Gasteiger partial charge in [-0.15, -0.1) is 0 Å². The van der Waals surface area contributed by atoms with Gasteiger partial charge in [0.15, 0.2) is 0 Å². The summed E-state index contributed by atoms with van der Waals surface area (Å²) in [5.74, 6) is 0.191. The molecule has 0 unspecified atom stereocenters. The summed E-state index contributed by atoms with van der Waals surface area (Å²) in [6.07, 6.45) is 1.52. The Morgan fingerprint density at radius 1 is 1.00 bits per heavy atom. The number of furan rings is 1.